The first-order valence-electron chi connectivity index (χ1n) is 7.70. The van der Waals surface area contributed by atoms with Gasteiger partial charge in [-0.3, -0.25) is 4.90 Å². The molecule has 0 amide bonds. The molecule has 0 aliphatic carbocycles. The largest absolute Gasteiger partial charge is 0.376 e. The first-order chi connectivity index (χ1) is 8.99. The molecule has 2 heterocycles. The summed E-state index contributed by atoms with van der Waals surface area (Å²) in [6.07, 6.45) is 3.43. The number of nitrogens with one attached hydrogen (secondary N) is 1. The number of hydrogen-bond acceptors (Lipinski definition) is 4. The predicted octanol–water partition coefficient (Wildman–Crippen LogP) is 1.65. The van der Waals surface area contributed by atoms with Gasteiger partial charge in [0.05, 0.1) is 17.8 Å². The Morgan fingerprint density at radius 1 is 1.26 bits per heavy atom. The van der Waals surface area contributed by atoms with E-state index in [0.29, 0.717) is 0 Å². The summed E-state index contributed by atoms with van der Waals surface area (Å²) in [4.78, 5) is 2.56. The number of rotatable bonds is 4. The van der Waals surface area contributed by atoms with Crippen molar-refractivity contribution in [3.8, 4) is 0 Å². The van der Waals surface area contributed by atoms with Gasteiger partial charge in [0.15, 0.2) is 0 Å². The first-order valence-corrected chi connectivity index (χ1v) is 7.70. The van der Waals surface area contributed by atoms with Crippen LogP contribution in [0.15, 0.2) is 0 Å². The van der Waals surface area contributed by atoms with Gasteiger partial charge in [-0.2, -0.15) is 0 Å². The predicted molar refractivity (Wildman–Crippen MR) is 77.5 cm³/mol. The van der Waals surface area contributed by atoms with Crippen molar-refractivity contribution in [1.82, 2.24) is 10.2 Å². The average molecular weight is 270 g/mol. The Hall–Kier alpha value is -0.160. The van der Waals surface area contributed by atoms with Crippen LogP contribution in [-0.4, -0.2) is 62.0 Å². The molecule has 2 aliphatic rings. The number of morpholine rings is 1. The van der Waals surface area contributed by atoms with Crippen molar-refractivity contribution < 1.29 is 9.47 Å². The van der Waals surface area contributed by atoms with Gasteiger partial charge in [-0.05, 0) is 53.1 Å². The van der Waals surface area contributed by atoms with Crippen LogP contribution in [0.25, 0.3) is 0 Å². The summed E-state index contributed by atoms with van der Waals surface area (Å²) in [6.45, 7) is 13.6. The quantitative estimate of drug-likeness (QED) is 0.788. The first kappa shape index (κ1) is 15.2. The maximum atomic E-state index is 6.08. The number of piperidine rings is 1. The second-order valence-corrected chi connectivity index (χ2v) is 6.87. The van der Waals surface area contributed by atoms with Gasteiger partial charge in [0.25, 0.3) is 0 Å². The lowest BCUT2D eigenvalue weighted by Crippen LogP contribution is -2.56. The molecule has 0 radical (unpaired) electrons. The molecule has 112 valence electrons. The number of hydrogen-bond donors (Lipinski definition) is 1. The molecule has 1 spiro atoms. The van der Waals surface area contributed by atoms with E-state index in [1.54, 1.807) is 0 Å². The minimum Gasteiger partial charge on any atom is -0.376 e. The molecule has 2 fully saturated rings. The topological polar surface area (TPSA) is 33.7 Å². The van der Waals surface area contributed by atoms with Gasteiger partial charge in [-0.1, -0.05) is 0 Å². The molecule has 0 aromatic carbocycles. The molecule has 0 aromatic heterocycles. The summed E-state index contributed by atoms with van der Waals surface area (Å²) in [5, 5.41) is 3.42. The van der Waals surface area contributed by atoms with Crippen molar-refractivity contribution in [2.24, 2.45) is 0 Å². The molecule has 4 nitrogen and oxygen atoms in total. The van der Waals surface area contributed by atoms with E-state index in [2.05, 4.69) is 31.0 Å². The van der Waals surface area contributed by atoms with E-state index in [4.69, 9.17) is 9.47 Å². The highest BCUT2D eigenvalue weighted by atomic mass is 16.5. The second kappa shape index (κ2) is 6.53. The molecular formula is C15H30N2O2. The molecule has 2 saturated heterocycles. The van der Waals surface area contributed by atoms with Crippen LogP contribution in [0, 0.1) is 0 Å². The fourth-order valence-electron chi connectivity index (χ4n) is 2.97. The normalized spacial score (nSPS) is 24.8. The van der Waals surface area contributed by atoms with E-state index in [9.17, 15) is 0 Å². The van der Waals surface area contributed by atoms with Crippen LogP contribution in [0.5, 0.6) is 0 Å². The molecule has 0 saturated carbocycles. The Bertz CT molecular complexity index is 264. The molecule has 0 atom stereocenters. The Labute approximate surface area is 117 Å². The minimum absolute atomic E-state index is 0.0126. The standard InChI is InChI=1S/C15H30N2O2/c1-14(2,3)18-11-4-9-17-10-12-19-15(13-17)5-7-16-8-6-15/h16H,4-13H2,1-3H3. The molecule has 0 unspecified atom stereocenters. The molecular weight excluding hydrogens is 240 g/mol. The van der Waals surface area contributed by atoms with Gasteiger partial charge in [0.1, 0.15) is 0 Å². The minimum atomic E-state index is -0.0126. The van der Waals surface area contributed by atoms with Gasteiger partial charge in [-0.15, -0.1) is 0 Å². The second-order valence-electron chi connectivity index (χ2n) is 6.87. The third kappa shape index (κ3) is 5.03. The highest BCUT2D eigenvalue weighted by Crippen LogP contribution is 2.27. The van der Waals surface area contributed by atoms with E-state index in [1.165, 1.54) is 0 Å². The van der Waals surface area contributed by atoms with Gasteiger partial charge >= 0.3 is 0 Å². The van der Waals surface area contributed by atoms with Crippen LogP contribution >= 0.6 is 0 Å². The third-order valence-corrected chi connectivity index (χ3v) is 4.00. The van der Waals surface area contributed by atoms with Crippen LogP contribution in [-0.2, 0) is 9.47 Å². The zero-order chi connectivity index (χ0) is 13.8. The summed E-state index contributed by atoms with van der Waals surface area (Å²) in [5.41, 5.74) is 0.121. The zero-order valence-corrected chi connectivity index (χ0v) is 12.8. The zero-order valence-electron chi connectivity index (χ0n) is 12.8. The van der Waals surface area contributed by atoms with Gasteiger partial charge < -0.3 is 14.8 Å². The van der Waals surface area contributed by atoms with E-state index in [-0.39, 0.29) is 11.2 Å². The Kier molecular flexibility index (Phi) is 5.23. The summed E-state index contributed by atoms with van der Waals surface area (Å²) in [7, 11) is 0. The maximum absolute atomic E-state index is 6.08. The lowest BCUT2D eigenvalue weighted by molar-refractivity contribution is -0.124. The van der Waals surface area contributed by atoms with Crippen LogP contribution < -0.4 is 5.32 Å². The fourth-order valence-corrected chi connectivity index (χ4v) is 2.97. The Morgan fingerprint density at radius 2 is 2.00 bits per heavy atom. The molecule has 0 aromatic rings. The van der Waals surface area contributed by atoms with Crippen LogP contribution in [0.3, 0.4) is 0 Å². The van der Waals surface area contributed by atoms with Crippen LogP contribution in [0.4, 0.5) is 0 Å². The van der Waals surface area contributed by atoms with Crippen molar-refractivity contribution in [1.29, 1.82) is 0 Å². The van der Waals surface area contributed by atoms with Crippen molar-refractivity contribution in [3.63, 3.8) is 0 Å². The monoisotopic (exact) mass is 270 g/mol. The molecule has 0 bridgehead atoms. The molecule has 1 N–H and O–H groups in total. The lowest BCUT2D eigenvalue weighted by Gasteiger charge is -2.45. The van der Waals surface area contributed by atoms with E-state index < -0.39 is 0 Å². The highest BCUT2D eigenvalue weighted by molar-refractivity contribution is 4.91. The number of nitrogens with zero attached hydrogens (tertiary/aromatic N) is 1. The average Bonchev–Trinajstić information content (AvgIpc) is 2.35. The van der Waals surface area contributed by atoms with Crippen molar-refractivity contribution in [2.45, 2.75) is 51.2 Å². The van der Waals surface area contributed by atoms with E-state index >= 15 is 0 Å². The summed E-state index contributed by atoms with van der Waals surface area (Å²) >= 11 is 0. The van der Waals surface area contributed by atoms with Crippen molar-refractivity contribution in [2.75, 3.05) is 45.9 Å². The van der Waals surface area contributed by atoms with E-state index in [0.717, 1.165) is 65.2 Å². The van der Waals surface area contributed by atoms with Gasteiger partial charge in [0, 0.05) is 26.2 Å². The smallest absolute Gasteiger partial charge is 0.0833 e. The van der Waals surface area contributed by atoms with Crippen LogP contribution in [0.1, 0.15) is 40.0 Å². The molecule has 2 rings (SSSR count). The number of ether oxygens (including phenoxy) is 2. The molecule has 2 aliphatic heterocycles. The Balaban J connectivity index is 1.69. The summed E-state index contributed by atoms with van der Waals surface area (Å²) in [5.74, 6) is 0. The Morgan fingerprint density at radius 3 is 2.68 bits per heavy atom. The summed E-state index contributed by atoms with van der Waals surface area (Å²) < 4.78 is 11.9. The van der Waals surface area contributed by atoms with Gasteiger partial charge in [-0.25, -0.2) is 0 Å². The van der Waals surface area contributed by atoms with Crippen LogP contribution in [0.2, 0.25) is 0 Å². The van der Waals surface area contributed by atoms with Crippen molar-refractivity contribution >= 4 is 0 Å². The van der Waals surface area contributed by atoms with Gasteiger partial charge in [0.2, 0.25) is 0 Å². The third-order valence-electron chi connectivity index (χ3n) is 4.00. The SMILES string of the molecule is CC(C)(C)OCCCN1CCOC2(CCNCC2)C1. The summed E-state index contributed by atoms with van der Waals surface area (Å²) in [6, 6.07) is 0. The highest BCUT2D eigenvalue weighted by Gasteiger charge is 2.37. The van der Waals surface area contributed by atoms with Crippen molar-refractivity contribution in [3.05, 3.63) is 0 Å². The maximum Gasteiger partial charge on any atom is 0.0833 e. The fraction of sp³-hybridized carbons (Fsp3) is 1.00. The molecule has 19 heavy (non-hydrogen) atoms. The van der Waals surface area contributed by atoms with E-state index in [1.807, 2.05) is 0 Å². The lowest BCUT2D eigenvalue weighted by atomic mass is 9.90. The molecule has 4 heteroatoms.